The first-order chi connectivity index (χ1) is 10.3. The van der Waals surface area contributed by atoms with Crippen LogP contribution >= 0.6 is 11.8 Å². The first-order valence-electron chi connectivity index (χ1n) is 7.88. The van der Waals surface area contributed by atoms with Gasteiger partial charge in [0.1, 0.15) is 0 Å². The number of amides is 1. The highest BCUT2D eigenvalue weighted by molar-refractivity contribution is 7.99. The maximum atomic E-state index is 12.8. The smallest absolute Gasteiger partial charge is 0.341 e. The molecule has 1 amide bonds. The van der Waals surface area contributed by atoms with Crippen molar-refractivity contribution in [3.63, 3.8) is 0 Å². The molecule has 1 saturated carbocycles. The third-order valence-corrected chi connectivity index (χ3v) is 6.03. The molecule has 0 aromatic heterocycles. The Morgan fingerprint density at radius 1 is 1.32 bits per heavy atom. The summed E-state index contributed by atoms with van der Waals surface area (Å²) < 4.78 is 38.5. The molecule has 0 aromatic carbocycles. The van der Waals surface area contributed by atoms with Gasteiger partial charge in [0.05, 0.1) is 12.5 Å². The van der Waals surface area contributed by atoms with Gasteiger partial charge in [0.25, 0.3) is 0 Å². The zero-order valence-electron chi connectivity index (χ0n) is 13.2. The van der Waals surface area contributed by atoms with E-state index in [0.29, 0.717) is 24.3 Å². The molecular formula is C15H25F3N2OS. The lowest BCUT2D eigenvalue weighted by molar-refractivity contribution is -0.188. The van der Waals surface area contributed by atoms with Crippen molar-refractivity contribution in [3.8, 4) is 0 Å². The molecule has 3 nitrogen and oxygen atoms in total. The molecule has 22 heavy (non-hydrogen) atoms. The number of hydrogen-bond donors (Lipinski definition) is 0. The van der Waals surface area contributed by atoms with E-state index < -0.39 is 12.1 Å². The molecule has 2 aliphatic rings. The molecular weight excluding hydrogens is 313 g/mol. The molecule has 0 aromatic rings. The minimum absolute atomic E-state index is 0.140. The van der Waals surface area contributed by atoms with Crippen molar-refractivity contribution >= 4 is 17.7 Å². The fraction of sp³-hybridized carbons (Fsp3) is 0.933. The standard InChI is InChI=1S/C15H25F3N2OS/c1-19(12-5-6-13(8-12)22-2)10-14(21)20-7-3-4-11(9-20)15(16,17)18/h11-13H,3-10H2,1-2H3. The van der Waals surface area contributed by atoms with Gasteiger partial charge in [0.15, 0.2) is 0 Å². The van der Waals surface area contributed by atoms with Gasteiger partial charge in [-0.15, -0.1) is 0 Å². The highest BCUT2D eigenvalue weighted by Crippen LogP contribution is 2.33. The summed E-state index contributed by atoms with van der Waals surface area (Å²) in [5.74, 6) is -1.52. The molecule has 128 valence electrons. The van der Waals surface area contributed by atoms with Crippen molar-refractivity contribution in [2.45, 2.75) is 49.6 Å². The second kappa shape index (κ2) is 7.43. The first kappa shape index (κ1) is 17.9. The second-order valence-electron chi connectivity index (χ2n) is 6.46. The van der Waals surface area contributed by atoms with Crippen LogP contribution in [-0.2, 0) is 4.79 Å². The number of rotatable bonds is 4. The molecule has 0 spiro atoms. The average Bonchev–Trinajstić information content (AvgIpc) is 2.95. The van der Waals surface area contributed by atoms with Gasteiger partial charge < -0.3 is 4.90 Å². The fourth-order valence-electron chi connectivity index (χ4n) is 3.45. The van der Waals surface area contributed by atoms with Crippen molar-refractivity contribution < 1.29 is 18.0 Å². The van der Waals surface area contributed by atoms with Gasteiger partial charge >= 0.3 is 6.18 Å². The summed E-state index contributed by atoms with van der Waals surface area (Å²) in [6.07, 6.45) is 1.78. The number of carbonyl (C=O) groups excluding carboxylic acids is 1. The number of nitrogens with zero attached hydrogens (tertiary/aromatic N) is 2. The minimum Gasteiger partial charge on any atom is -0.341 e. The molecule has 0 bridgehead atoms. The number of halogens is 3. The predicted molar refractivity (Wildman–Crippen MR) is 82.9 cm³/mol. The van der Waals surface area contributed by atoms with Crippen LogP contribution in [0.2, 0.25) is 0 Å². The molecule has 1 aliphatic carbocycles. The van der Waals surface area contributed by atoms with Crippen molar-refractivity contribution in [3.05, 3.63) is 0 Å². The normalized spacial score (nSPS) is 30.1. The highest BCUT2D eigenvalue weighted by Gasteiger charge is 2.42. The SMILES string of the molecule is CSC1CCC(N(C)CC(=O)N2CCCC(C(F)(F)F)C2)C1. The van der Waals surface area contributed by atoms with Crippen LogP contribution in [0.25, 0.3) is 0 Å². The molecule has 3 unspecified atom stereocenters. The summed E-state index contributed by atoms with van der Waals surface area (Å²) in [5.41, 5.74) is 0. The number of carbonyl (C=O) groups is 1. The van der Waals surface area contributed by atoms with E-state index >= 15 is 0 Å². The Kier molecular flexibility index (Phi) is 6.05. The highest BCUT2D eigenvalue weighted by atomic mass is 32.2. The van der Waals surface area contributed by atoms with E-state index in [1.165, 1.54) is 4.90 Å². The number of thioether (sulfide) groups is 1. The lowest BCUT2D eigenvalue weighted by atomic mass is 9.97. The molecule has 1 heterocycles. The zero-order valence-corrected chi connectivity index (χ0v) is 14.1. The molecule has 1 aliphatic heterocycles. The number of alkyl halides is 3. The van der Waals surface area contributed by atoms with Crippen LogP contribution in [0.15, 0.2) is 0 Å². The Morgan fingerprint density at radius 2 is 2.05 bits per heavy atom. The number of piperidine rings is 1. The fourth-order valence-corrected chi connectivity index (χ4v) is 4.23. The quantitative estimate of drug-likeness (QED) is 0.787. The Balaban J connectivity index is 1.84. The van der Waals surface area contributed by atoms with E-state index in [1.54, 1.807) is 0 Å². The summed E-state index contributed by atoms with van der Waals surface area (Å²) in [5, 5.41) is 0.646. The molecule has 0 N–H and O–H groups in total. The van der Waals surface area contributed by atoms with Crippen LogP contribution in [0.1, 0.15) is 32.1 Å². The van der Waals surface area contributed by atoms with Crippen LogP contribution in [0, 0.1) is 5.92 Å². The van der Waals surface area contributed by atoms with Gasteiger partial charge in [-0.3, -0.25) is 9.69 Å². The van der Waals surface area contributed by atoms with Crippen molar-refractivity contribution in [1.29, 1.82) is 0 Å². The van der Waals surface area contributed by atoms with E-state index in [1.807, 2.05) is 23.7 Å². The van der Waals surface area contributed by atoms with Gasteiger partial charge in [-0.05, 0) is 45.4 Å². The Labute approximate surface area is 134 Å². The van der Waals surface area contributed by atoms with Crippen LogP contribution in [-0.4, -0.2) is 66.1 Å². The van der Waals surface area contributed by atoms with E-state index in [9.17, 15) is 18.0 Å². The Bertz CT molecular complexity index is 391. The van der Waals surface area contributed by atoms with Crippen molar-refractivity contribution in [1.82, 2.24) is 9.80 Å². The number of likely N-dealkylation sites (N-methyl/N-ethyl adjacent to an activating group) is 1. The molecule has 2 rings (SSSR count). The number of likely N-dealkylation sites (tertiary alicyclic amines) is 1. The molecule has 2 fully saturated rings. The third-order valence-electron chi connectivity index (χ3n) is 4.94. The van der Waals surface area contributed by atoms with E-state index in [0.717, 1.165) is 19.3 Å². The maximum Gasteiger partial charge on any atom is 0.393 e. The van der Waals surface area contributed by atoms with E-state index in [4.69, 9.17) is 0 Å². The predicted octanol–water partition coefficient (Wildman–Crippen LogP) is 3.00. The van der Waals surface area contributed by atoms with Crippen LogP contribution < -0.4 is 0 Å². The van der Waals surface area contributed by atoms with Gasteiger partial charge in [-0.25, -0.2) is 0 Å². The summed E-state index contributed by atoms with van der Waals surface area (Å²) in [6.45, 7) is 0.516. The minimum atomic E-state index is -4.19. The Morgan fingerprint density at radius 3 is 2.64 bits per heavy atom. The molecule has 0 radical (unpaired) electrons. The van der Waals surface area contributed by atoms with Gasteiger partial charge in [-0.2, -0.15) is 24.9 Å². The van der Waals surface area contributed by atoms with Crippen LogP contribution in [0.5, 0.6) is 0 Å². The summed E-state index contributed by atoms with van der Waals surface area (Å²) in [6, 6.07) is 0.379. The third kappa shape index (κ3) is 4.54. The topological polar surface area (TPSA) is 23.6 Å². The van der Waals surface area contributed by atoms with E-state index in [-0.39, 0.29) is 25.4 Å². The van der Waals surface area contributed by atoms with Crippen LogP contribution in [0.3, 0.4) is 0 Å². The average molecular weight is 338 g/mol. The first-order valence-corrected chi connectivity index (χ1v) is 9.17. The zero-order chi connectivity index (χ0) is 16.3. The monoisotopic (exact) mass is 338 g/mol. The largest absolute Gasteiger partial charge is 0.393 e. The molecule has 3 atom stereocenters. The van der Waals surface area contributed by atoms with Crippen LogP contribution in [0.4, 0.5) is 13.2 Å². The summed E-state index contributed by atoms with van der Waals surface area (Å²) >= 11 is 1.86. The molecule has 7 heteroatoms. The van der Waals surface area contributed by atoms with Crippen molar-refractivity contribution in [2.24, 2.45) is 5.92 Å². The second-order valence-corrected chi connectivity index (χ2v) is 7.60. The van der Waals surface area contributed by atoms with Crippen molar-refractivity contribution in [2.75, 3.05) is 32.9 Å². The lowest BCUT2D eigenvalue weighted by Gasteiger charge is -2.35. The van der Waals surface area contributed by atoms with Gasteiger partial charge in [0.2, 0.25) is 5.91 Å². The summed E-state index contributed by atoms with van der Waals surface area (Å²) in [7, 11) is 1.91. The van der Waals surface area contributed by atoms with Gasteiger partial charge in [-0.1, -0.05) is 0 Å². The Hall–Kier alpha value is -0.430. The van der Waals surface area contributed by atoms with Gasteiger partial charge in [0, 0.05) is 24.4 Å². The lowest BCUT2D eigenvalue weighted by Crippen LogP contribution is -2.48. The van der Waals surface area contributed by atoms with E-state index in [2.05, 4.69) is 6.26 Å². The summed E-state index contributed by atoms with van der Waals surface area (Å²) in [4.78, 5) is 15.7. The molecule has 1 saturated heterocycles. The number of hydrogen-bond acceptors (Lipinski definition) is 3. The maximum absolute atomic E-state index is 12.8.